The number of nitrogens with zero attached hydrogens (tertiary/aromatic N) is 1. The zero-order chi connectivity index (χ0) is 16.7. The van der Waals surface area contributed by atoms with Gasteiger partial charge in [0.15, 0.2) is 5.78 Å². The molecule has 0 bridgehead atoms. The Morgan fingerprint density at radius 3 is 2.22 bits per heavy atom. The molecular weight excluding hydrogens is 294 g/mol. The van der Waals surface area contributed by atoms with E-state index in [4.69, 9.17) is 9.47 Å². The molecule has 2 saturated carbocycles. The van der Waals surface area contributed by atoms with Crippen LogP contribution in [0.5, 0.6) is 0 Å². The highest BCUT2D eigenvalue weighted by atomic mass is 16.5. The molecule has 0 aromatic rings. The number of ketones is 1. The molecule has 0 saturated heterocycles. The molecule has 130 valence electrons. The van der Waals surface area contributed by atoms with Crippen LogP contribution < -0.4 is 0 Å². The van der Waals surface area contributed by atoms with E-state index >= 15 is 0 Å². The van der Waals surface area contributed by atoms with Crippen LogP contribution in [0.3, 0.4) is 0 Å². The molecule has 0 aromatic carbocycles. The summed E-state index contributed by atoms with van der Waals surface area (Å²) in [4.78, 5) is 28.3. The minimum atomic E-state index is -0.449. The molecule has 0 amide bonds. The highest BCUT2D eigenvalue weighted by molar-refractivity contribution is 6.23. The van der Waals surface area contributed by atoms with Gasteiger partial charge in [-0.3, -0.25) is 9.79 Å². The van der Waals surface area contributed by atoms with Gasteiger partial charge in [-0.15, -0.1) is 0 Å². The Hall–Kier alpha value is -1.23. The Bertz CT molecular complexity index is 421. The highest BCUT2D eigenvalue weighted by Crippen LogP contribution is 2.26. The van der Waals surface area contributed by atoms with Gasteiger partial charge >= 0.3 is 5.97 Å². The van der Waals surface area contributed by atoms with Crippen molar-refractivity contribution in [2.45, 2.75) is 83.0 Å². The molecule has 0 N–H and O–H groups in total. The van der Waals surface area contributed by atoms with Crippen molar-refractivity contribution >= 4 is 18.0 Å². The van der Waals surface area contributed by atoms with Gasteiger partial charge in [0, 0.05) is 13.0 Å². The summed E-state index contributed by atoms with van der Waals surface area (Å²) in [6, 6.07) is -0.449. The van der Waals surface area contributed by atoms with Gasteiger partial charge in [-0.05, 0) is 45.4 Å². The third-order valence-corrected chi connectivity index (χ3v) is 5.06. The summed E-state index contributed by atoms with van der Waals surface area (Å²) in [7, 11) is 1.72. The maximum absolute atomic E-state index is 12.3. The van der Waals surface area contributed by atoms with Crippen molar-refractivity contribution in [1.82, 2.24) is 0 Å². The molecule has 0 heterocycles. The Kier molecular flexibility index (Phi) is 7.21. The van der Waals surface area contributed by atoms with E-state index < -0.39 is 12.0 Å². The molecule has 2 aliphatic carbocycles. The molecule has 0 radical (unpaired) electrons. The molecule has 0 aromatic heterocycles. The number of esters is 1. The third kappa shape index (κ3) is 5.72. The van der Waals surface area contributed by atoms with Crippen LogP contribution >= 0.6 is 0 Å². The zero-order valence-corrected chi connectivity index (χ0v) is 14.3. The van der Waals surface area contributed by atoms with E-state index in [1.54, 1.807) is 14.0 Å². The van der Waals surface area contributed by atoms with E-state index in [0.29, 0.717) is 0 Å². The standard InChI is InChI=1S/C18H29NO4/c1-13(18(21)14-6-4-3-5-7-14)19-12-17(20)23-16-10-8-15(22-2)9-11-16/h12-16H,3-11H2,1-2H3/t13-,15?,16?/m0/s1. The minimum absolute atomic E-state index is 0.0512. The van der Waals surface area contributed by atoms with Crippen LogP contribution in [0.25, 0.3) is 0 Å². The predicted molar refractivity (Wildman–Crippen MR) is 88.7 cm³/mol. The van der Waals surface area contributed by atoms with Gasteiger partial charge in [-0.25, -0.2) is 4.79 Å². The van der Waals surface area contributed by atoms with Crippen LogP contribution in [0.2, 0.25) is 0 Å². The van der Waals surface area contributed by atoms with Gasteiger partial charge in [0.2, 0.25) is 0 Å². The van der Waals surface area contributed by atoms with Crippen molar-refractivity contribution in [3.63, 3.8) is 0 Å². The topological polar surface area (TPSA) is 65.0 Å². The number of aliphatic imine (C=N–C) groups is 1. The minimum Gasteiger partial charge on any atom is -0.458 e. The lowest BCUT2D eigenvalue weighted by atomic mass is 9.84. The van der Waals surface area contributed by atoms with Crippen LogP contribution in [-0.2, 0) is 19.1 Å². The number of rotatable bonds is 6. The van der Waals surface area contributed by atoms with Crippen LogP contribution in [0.4, 0.5) is 0 Å². The SMILES string of the molecule is COC1CCC(OC(=O)C=N[C@@H](C)C(=O)C2CCCCC2)CC1. The fourth-order valence-electron chi connectivity index (χ4n) is 3.55. The summed E-state index contributed by atoms with van der Waals surface area (Å²) in [6.07, 6.45) is 10.3. The van der Waals surface area contributed by atoms with Gasteiger partial charge in [0.25, 0.3) is 0 Å². The average molecular weight is 323 g/mol. The normalized spacial score (nSPS) is 27.7. The van der Waals surface area contributed by atoms with Crippen LogP contribution in [0.15, 0.2) is 4.99 Å². The van der Waals surface area contributed by atoms with Crippen molar-refractivity contribution in [2.24, 2.45) is 10.9 Å². The van der Waals surface area contributed by atoms with Gasteiger partial charge in [0.05, 0.1) is 6.10 Å². The molecule has 0 aliphatic heterocycles. The highest BCUT2D eigenvalue weighted by Gasteiger charge is 2.26. The fraction of sp³-hybridized carbons (Fsp3) is 0.833. The van der Waals surface area contributed by atoms with Crippen LogP contribution in [-0.4, -0.2) is 43.3 Å². The number of carbonyl (C=O) groups is 2. The Morgan fingerprint density at radius 2 is 1.61 bits per heavy atom. The van der Waals surface area contributed by atoms with E-state index in [9.17, 15) is 9.59 Å². The maximum Gasteiger partial charge on any atom is 0.349 e. The van der Waals surface area contributed by atoms with Crippen molar-refractivity contribution < 1.29 is 19.1 Å². The lowest BCUT2D eigenvalue weighted by Gasteiger charge is -2.26. The van der Waals surface area contributed by atoms with Gasteiger partial charge < -0.3 is 9.47 Å². The first-order valence-electron chi connectivity index (χ1n) is 8.90. The molecule has 2 fully saturated rings. The summed E-state index contributed by atoms with van der Waals surface area (Å²) >= 11 is 0. The molecule has 5 heteroatoms. The number of methoxy groups -OCH3 is 1. The van der Waals surface area contributed by atoms with E-state index in [1.807, 2.05) is 0 Å². The predicted octanol–water partition coefficient (Wildman–Crippen LogP) is 3.10. The van der Waals surface area contributed by atoms with E-state index in [1.165, 1.54) is 12.6 Å². The first-order chi connectivity index (χ1) is 11.1. The largest absolute Gasteiger partial charge is 0.458 e. The van der Waals surface area contributed by atoms with Crippen molar-refractivity contribution in [1.29, 1.82) is 0 Å². The molecule has 2 rings (SSSR count). The molecule has 1 atom stereocenters. The van der Waals surface area contributed by atoms with Crippen LogP contribution in [0.1, 0.15) is 64.7 Å². The molecule has 0 unspecified atom stereocenters. The Morgan fingerprint density at radius 1 is 1.00 bits per heavy atom. The summed E-state index contributed by atoms with van der Waals surface area (Å²) in [5, 5.41) is 0. The Balaban J connectivity index is 1.73. The maximum atomic E-state index is 12.3. The smallest absolute Gasteiger partial charge is 0.349 e. The number of carbonyl (C=O) groups excluding carboxylic acids is 2. The van der Waals surface area contributed by atoms with E-state index in [2.05, 4.69) is 4.99 Å². The number of ether oxygens (including phenoxy) is 2. The first-order valence-corrected chi connectivity index (χ1v) is 8.90. The lowest BCUT2D eigenvalue weighted by molar-refractivity contribution is -0.142. The number of Topliss-reactive ketones (excluding diaryl/α,β-unsaturated/α-hetero) is 1. The quantitative estimate of drug-likeness (QED) is 0.556. The molecular formula is C18H29NO4. The Labute approximate surface area is 138 Å². The van der Waals surface area contributed by atoms with Gasteiger partial charge in [-0.1, -0.05) is 19.3 Å². The average Bonchev–Trinajstić information content (AvgIpc) is 2.60. The molecule has 5 nitrogen and oxygen atoms in total. The number of hydrogen-bond donors (Lipinski definition) is 0. The van der Waals surface area contributed by atoms with Crippen molar-refractivity contribution in [3.05, 3.63) is 0 Å². The molecule has 0 spiro atoms. The van der Waals surface area contributed by atoms with E-state index in [0.717, 1.165) is 51.4 Å². The summed E-state index contributed by atoms with van der Waals surface area (Å²) < 4.78 is 10.7. The second-order valence-electron chi connectivity index (χ2n) is 6.76. The number of hydrogen-bond acceptors (Lipinski definition) is 5. The first kappa shape index (κ1) is 18.1. The van der Waals surface area contributed by atoms with Gasteiger partial charge in [0.1, 0.15) is 18.4 Å². The third-order valence-electron chi connectivity index (χ3n) is 5.06. The zero-order valence-electron chi connectivity index (χ0n) is 14.3. The van der Waals surface area contributed by atoms with Gasteiger partial charge in [-0.2, -0.15) is 0 Å². The summed E-state index contributed by atoms with van der Waals surface area (Å²) in [6.45, 7) is 1.77. The van der Waals surface area contributed by atoms with Crippen LogP contribution in [0, 0.1) is 5.92 Å². The lowest BCUT2D eigenvalue weighted by Crippen LogP contribution is -2.29. The summed E-state index contributed by atoms with van der Waals surface area (Å²) in [5.41, 5.74) is 0. The van der Waals surface area contributed by atoms with Crippen molar-refractivity contribution in [2.75, 3.05) is 7.11 Å². The second kappa shape index (κ2) is 9.16. The molecule has 23 heavy (non-hydrogen) atoms. The molecule has 2 aliphatic rings. The fourth-order valence-corrected chi connectivity index (χ4v) is 3.55. The summed E-state index contributed by atoms with van der Waals surface area (Å²) in [5.74, 6) is -0.153. The monoisotopic (exact) mass is 323 g/mol. The van der Waals surface area contributed by atoms with E-state index in [-0.39, 0.29) is 23.9 Å². The van der Waals surface area contributed by atoms with Crippen molar-refractivity contribution in [3.8, 4) is 0 Å². The second-order valence-corrected chi connectivity index (χ2v) is 6.76.